The largest absolute Gasteiger partial charge is 0.337 e. The van der Waals surface area contributed by atoms with E-state index in [1.54, 1.807) is 6.08 Å². The number of hydrogen-bond acceptors (Lipinski definition) is 2. The average molecular weight is 533 g/mol. The Morgan fingerprint density at radius 2 is 1.12 bits per heavy atom. The second-order valence-corrected chi connectivity index (χ2v) is 9.78. The van der Waals surface area contributed by atoms with Gasteiger partial charge in [-0.1, -0.05) is 128 Å². The summed E-state index contributed by atoms with van der Waals surface area (Å²) in [4.78, 5) is 4.81. The van der Waals surface area contributed by atoms with Gasteiger partial charge < -0.3 is 9.80 Å². The lowest BCUT2D eigenvalue weighted by Gasteiger charge is -2.33. The first-order valence-electron chi connectivity index (χ1n) is 14.1. The Hall–Kier alpha value is -5.08. The van der Waals surface area contributed by atoms with Crippen molar-refractivity contribution in [2.24, 2.45) is 0 Å². The number of benzene rings is 5. The summed E-state index contributed by atoms with van der Waals surface area (Å²) in [7, 11) is 0. The summed E-state index contributed by atoms with van der Waals surface area (Å²) in [5.41, 5.74) is 8.22. The van der Waals surface area contributed by atoms with Crippen LogP contribution >= 0.6 is 0 Å². The number of nitrogens with zero attached hydrogens (tertiary/aromatic N) is 2. The fraction of sp³-hybridized carbons (Fsp3) is 0.0769. The van der Waals surface area contributed by atoms with Crippen molar-refractivity contribution >= 4 is 45.3 Å². The highest BCUT2D eigenvalue weighted by atomic mass is 15.2. The Balaban J connectivity index is 1.83. The van der Waals surface area contributed by atoms with E-state index < -0.39 is 0 Å². The molecule has 0 aliphatic carbocycles. The molecule has 0 aromatic heterocycles. The smallest absolute Gasteiger partial charge is 0.0616 e. The molecule has 0 radical (unpaired) electrons. The molecule has 2 nitrogen and oxygen atoms in total. The molecule has 5 rings (SSSR count). The second kappa shape index (κ2) is 13.3. The van der Waals surface area contributed by atoms with E-state index in [0.29, 0.717) is 0 Å². The minimum absolute atomic E-state index is 0.728. The predicted octanol–water partition coefficient (Wildman–Crippen LogP) is 11.1. The van der Waals surface area contributed by atoms with Crippen LogP contribution in [-0.4, -0.2) is 6.54 Å². The van der Waals surface area contributed by atoms with Gasteiger partial charge in [0.05, 0.1) is 11.4 Å². The number of allylic oxidation sites excluding steroid dienone is 5. The molecule has 0 amide bonds. The number of hydrogen-bond donors (Lipinski definition) is 0. The zero-order chi connectivity index (χ0) is 28.4. The first kappa shape index (κ1) is 27.5. The predicted molar refractivity (Wildman–Crippen MR) is 180 cm³/mol. The molecule has 41 heavy (non-hydrogen) atoms. The van der Waals surface area contributed by atoms with Gasteiger partial charge in [0, 0.05) is 39.9 Å². The highest BCUT2D eigenvalue weighted by Crippen LogP contribution is 2.48. The third kappa shape index (κ3) is 5.92. The molecule has 0 saturated carbocycles. The SMILES string of the molecule is C=C/C=C\C=C/CN(c1ccccc1)c1c(C)c(/C=C\C)c(N(c2ccccc2)c2ccccc2)c2ccccc12. The Morgan fingerprint density at radius 1 is 0.610 bits per heavy atom. The Kier molecular flexibility index (Phi) is 8.93. The summed E-state index contributed by atoms with van der Waals surface area (Å²) in [5, 5.41) is 2.41. The van der Waals surface area contributed by atoms with E-state index in [-0.39, 0.29) is 0 Å². The number of rotatable bonds is 10. The van der Waals surface area contributed by atoms with Crippen LogP contribution in [0, 0.1) is 6.92 Å². The lowest BCUT2D eigenvalue weighted by atomic mass is 9.93. The summed E-state index contributed by atoms with van der Waals surface area (Å²) < 4.78 is 0. The number of para-hydroxylation sites is 3. The molecule has 5 aromatic carbocycles. The molecule has 0 aliphatic rings. The van der Waals surface area contributed by atoms with Crippen LogP contribution in [0.25, 0.3) is 16.8 Å². The lowest BCUT2D eigenvalue weighted by Crippen LogP contribution is -2.20. The fourth-order valence-electron chi connectivity index (χ4n) is 5.39. The van der Waals surface area contributed by atoms with E-state index in [2.05, 4.69) is 170 Å². The summed E-state index contributed by atoms with van der Waals surface area (Å²) in [6.45, 7) is 8.86. The van der Waals surface area contributed by atoms with Gasteiger partial charge in [0.25, 0.3) is 0 Å². The minimum atomic E-state index is 0.728. The van der Waals surface area contributed by atoms with E-state index >= 15 is 0 Å². The topological polar surface area (TPSA) is 6.48 Å². The van der Waals surface area contributed by atoms with E-state index in [1.807, 2.05) is 12.2 Å². The molecule has 0 N–H and O–H groups in total. The molecule has 0 unspecified atom stereocenters. The molecule has 0 heterocycles. The third-order valence-electron chi connectivity index (χ3n) is 7.16. The van der Waals surface area contributed by atoms with Crippen molar-refractivity contribution in [1.82, 2.24) is 0 Å². The summed E-state index contributed by atoms with van der Waals surface area (Å²) in [5.74, 6) is 0. The molecule has 2 heteroatoms. The maximum Gasteiger partial charge on any atom is 0.0616 e. The van der Waals surface area contributed by atoms with Crippen molar-refractivity contribution in [2.75, 3.05) is 16.3 Å². The zero-order valence-electron chi connectivity index (χ0n) is 23.8. The van der Waals surface area contributed by atoms with E-state index in [1.165, 1.54) is 33.3 Å². The average Bonchev–Trinajstić information content (AvgIpc) is 3.03. The van der Waals surface area contributed by atoms with Crippen LogP contribution in [0.5, 0.6) is 0 Å². The van der Waals surface area contributed by atoms with Crippen LogP contribution in [0.4, 0.5) is 28.4 Å². The van der Waals surface area contributed by atoms with Gasteiger partial charge in [-0.05, 0) is 55.8 Å². The molecule has 0 atom stereocenters. The van der Waals surface area contributed by atoms with Gasteiger partial charge in [-0.2, -0.15) is 0 Å². The molecule has 0 fully saturated rings. The molecule has 0 aliphatic heterocycles. The zero-order valence-corrected chi connectivity index (χ0v) is 23.8. The van der Waals surface area contributed by atoms with Crippen LogP contribution in [0.3, 0.4) is 0 Å². The maximum absolute atomic E-state index is 3.79. The first-order valence-corrected chi connectivity index (χ1v) is 14.1. The van der Waals surface area contributed by atoms with Crippen molar-refractivity contribution in [3.05, 3.63) is 169 Å². The Labute approximate surface area is 244 Å². The normalized spacial score (nSPS) is 11.6. The van der Waals surface area contributed by atoms with Crippen molar-refractivity contribution in [1.29, 1.82) is 0 Å². The Bertz CT molecular complexity index is 1640. The number of anilines is 5. The Morgan fingerprint density at radius 3 is 1.66 bits per heavy atom. The van der Waals surface area contributed by atoms with Gasteiger partial charge in [-0.3, -0.25) is 0 Å². The summed E-state index contributed by atoms with van der Waals surface area (Å²) in [6, 6.07) is 40.7. The van der Waals surface area contributed by atoms with Crippen molar-refractivity contribution in [3.8, 4) is 0 Å². The maximum atomic E-state index is 3.79. The van der Waals surface area contributed by atoms with Gasteiger partial charge >= 0.3 is 0 Å². The van der Waals surface area contributed by atoms with Gasteiger partial charge in [0.2, 0.25) is 0 Å². The standard InChI is InChI=1S/C39H36N2/c1-4-6-7-8-20-30-40(32-22-12-9-13-23-32)38-31(3)35(21-5-2)39(37-29-19-18-28-36(37)38)41(33-24-14-10-15-25-33)34-26-16-11-17-27-34/h4-29H,1,30H2,2-3H3/b7-6-,20-8-,21-5-. The van der Waals surface area contributed by atoms with E-state index in [9.17, 15) is 0 Å². The van der Waals surface area contributed by atoms with Gasteiger partial charge in [-0.25, -0.2) is 0 Å². The van der Waals surface area contributed by atoms with E-state index in [0.717, 1.165) is 23.6 Å². The monoisotopic (exact) mass is 532 g/mol. The van der Waals surface area contributed by atoms with Gasteiger partial charge in [-0.15, -0.1) is 0 Å². The van der Waals surface area contributed by atoms with Crippen LogP contribution in [0.15, 0.2) is 158 Å². The highest BCUT2D eigenvalue weighted by molar-refractivity contribution is 6.10. The molecule has 0 bridgehead atoms. The van der Waals surface area contributed by atoms with Crippen molar-refractivity contribution in [3.63, 3.8) is 0 Å². The van der Waals surface area contributed by atoms with Crippen molar-refractivity contribution in [2.45, 2.75) is 13.8 Å². The molecular formula is C39H36N2. The molecule has 0 saturated heterocycles. The van der Waals surface area contributed by atoms with Gasteiger partial charge in [0.15, 0.2) is 0 Å². The van der Waals surface area contributed by atoms with Crippen LogP contribution in [0.1, 0.15) is 18.1 Å². The fourth-order valence-corrected chi connectivity index (χ4v) is 5.39. The van der Waals surface area contributed by atoms with Crippen molar-refractivity contribution < 1.29 is 0 Å². The highest BCUT2D eigenvalue weighted by Gasteiger charge is 2.25. The minimum Gasteiger partial charge on any atom is -0.337 e. The quantitative estimate of drug-likeness (QED) is 0.165. The first-order chi connectivity index (χ1) is 20.2. The summed E-state index contributed by atoms with van der Waals surface area (Å²) >= 11 is 0. The molecule has 0 spiro atoms. The van der Waals surface area contributed by atoms with Gasteiger partial charge in [0.1, 0.15) is 0 Å². The van der Waals surface area contributed by atoms with E-state index in [4.69, 9.17) is 0 Å². The van der Waals surface area contributed by atoms with Crippen LogP contribution in [-0.2, 0) is 0 Å². The lowest BCUT2D eigenvalue weighted by molar-refractivity contribution is 1.09. The second-order valence-electron chi connectivity index (χ2n) is 9.78. The molecule has 202 valence electrons. The number of fused-ring (bicyclic) bond motifs is 1. The van der Waals surface area contributed by atoms with Crippen LogP contribution < -0.4 is 9.80 Å². The summed E-state index contributed by atoms with van der Waals surface area (Å²) in [6.07, 6.45) is 14.5. The molecule has 5 aromatic rings. The molecular weight excluding hydrogens is 496 g/mol. The van der Waals surface area contributed by atoms with Crippen LogP contribution in [0.2, 0.25) is 0 Å². The third-order valence-corrected chi connectivity index (χ3v) is 7.16.